The van der Waals surface area contributed by atoms with Crippen molar-refractivity contribution in [3.8, 4) is 0 Å². The maximum absolute atomic E-state index is 12.0. The summed E-state index contributed by atoms with van der Waals surface area (Å²) in [6.45, 7) is 2.72. The molecule has 0 radical (unpaired) electrons. The van der Waals surface area contributed by atoms with Crippen molar-refractivity contribution >= 4 is 23.3 Å². The summed E-state index contributed by atoms with van der Waals surface area (Å²) in [6, 6.07) is 16.6. The summed E-state index contributed by atoms with van der Waals surface area (Å²) >= 11 is 0. The van der Waals surface area contributed by atoms with Crippen LogP contribution in [-0.4, -0.2) is 32.1 Å². The fourth-order valence-corrected chi connectivity index (χ4v) is 2.21. The smallest absolute Gasteiger partial charge is 0.338 e. The molecule has 0 atom stereocenters. The summed E-state index contributed by atoms with van der Waals surface area (Å²) < 4.78 is 4.92. The Hall–Kier alpha value is -2.82. The van der Waals surface area contributed by atoms with E-state index in [0.717, 1.165) is 5.69 Å². The van der Waals surface area contributed by atoms with Crippen LogP contribution in [0.2, 0.25) is 0 Å². The number of anilines is 2. The third-order valence-electron chi connectivity index (χ3n) is 3.55. The Balaban J connectivity index is 1.83. The van der Waals surface area contributed by atoms with Crippen molar-refractivity contribution in [1.29, 1.82) is 0 Å². The Labute approximate surface area is 142 Å². The lowest BCUT2D eigenvalue weighted by Gasteiger charge is -2.18. The first-order valence-corrected chi connectivity index (χ1v) is 7.93. The van der Waals surface area contributed by atoms with E-state index in [1.165, 1.54) is 0 Å². The molecule has 5 heteroatoms. The zero-order valence-corrected chi connectivity index (χ0v) is 14.0. The molecular formula is C19H22N2O3. The second-order valence-electron chi connectivity index (χ2n) is 5.35. The Morgan fingerprint density at radius 2 is 1.71 bits per heavy atom. The van der Waals surface area contributed by atoms with Crippen LogP contribution in [0.4, 0.5) is 11.4 Å². The number of nitrogens with one attached hydrogen (secondary N) is 1. The number of esters is 1. The molecule has 2 rings (SSSR count). The van der Waals surface area contributed by atoms with Crippen molar-refractivity contribution in [2.45, 2.75) is 13.3 Å². The standard InChI is InChI=1S/C19H22N2O3/c1-3-24-19(23)15-9-11-16(12-10-15)20-18(22)13-14-21(2)17-7-5-4-6-8-17/h4-12H,3,13-14H2,1-2H3,(H,20,22). The van der Waals surface area contributed by atoms with E-state index < -0.39 is 0 Å². The lowest BCUT2D eigenvalue weighted by atomic mass is 10.2. The van der Waals surface area contributed by atoms with E-state index in [1.807, 2.05) is 42.3 Å². The molecular weight excluding hydrogens is 304 g/mol. The first-order valence-electron chi connectivity index (χ1n) is 7.93. The second-order valence-corrected chi connectivity index (χ2v) is 5.35. The molecule has 1 N–H and O–H groups in total. The first kappa shape index (κ1) is 17.5. The van der Waals surface area contributed by atoms with Gasteiger partial charge in [-0.25, -0.2) is 4.79 Å². The van der Waals surface area contributed by atoms with E-state index in [2.05, 4.69) is 5.32 Å². The van der Waals surface area contributed by atoms with E-state index in [9.17, 15) is 9.59 Å². The topological polar surface area (TPSA) is 58.6 Å². The van der Waals surface area contributed by atoms with Crippen LogP contribution in [-0.2, 0) is 9.53 Å². The summed E-state index contributed by atoms with van der Waals surface area (Å²) in [6.07, 6.45) is 0.380. The van der Waals surface area contributed by atoms with E-state index >= 15 is 0 Å². The lowest BCUT2D eigenvalue weighted by Crippen LogP contribution is -2.23. The van der Waals surface area contributed by atoms with Gasteiger partial charge < -0.3 is 15.0 Å². The van der Waals surface area contributed by atoms with Gasteiger partial charge in [0, 0.05) is 31.4 Å². The van der Waals surface area contributed by atoms with Crippen molar-refractivity contribution in [3.05, 3.63) is 60.2 Å². The molecule has 0 saturated carbocycles. The fourth-order valence-electron chi connectivity index (χ4n) is 2.21. The van der Waals surface area contributed by atoms with Gasteiger partial charge in [-0.15, -0.1) is 0 Å². The minimum atomic E-state index is -0.361. The lowest BCUT2D eigenvalue weighted by molar-refractivity contribution is -0.116. The van der Waals surface area contributed by atoms with Crippen LogP contribution >= 0.6 is 0 Å². The van der Waals surface area contributed by atoms with Gasteiger partial charge in [-0.2, -0.15) is 0 Å². The average molecular weight is 326 g/mol. The number of benzene rings is 2. The normalized spacial score (nSPS) is 10.1. The average Bonchev–Trinajstić information content (AvgIpc) is 2.61. The quantitative estimate of drug-likeness (QED) is 0.793. The van der Waals surface area contributed by atoms with Crippen LogP contribution in [0.5, 0.6) is 0 Å². The predicted molar refractivity (Wildman–Crippen MR) is 95.4 cm³/mol. The fraction of sp³-hybridized carbons (Fsp3) is 0.263. The van der Waals surface area contributed by atoms with Gasteiger partial charge in [0.05, 0.1) is 12.2 Å². The van der Waals surface area contributed by atoms with Gasteiger partial charge in [-0.05, 0) is 43.3 Å². The number of rotatable bonds is 7. The number of carbonyl (C=O) groups is 2. The minimum Gasteiger partial charge on any atom is -0.462 e. The Morgan fingerprint density at radius 3 is 2.33 bits per heavy atom. The second kappa shape index (κ2) is 8.72. The van der Waals surface area contributed by atoms with Crippen LogP contribution in [0.15, 0.2) is 54.6 Å². The zero-order chi connectivity index (χ0) is 17.4. The van der Waals surface area contributed by atoms with Crippen molar-refractivity contribution in [2.75, 3.05) is 30.4 Å². The number of ether oxygens (including phenoxy) is 1. The van der Waals surface area contributed by atoms with Crippen LogP contribution in [0.25, 0.3) is 0 Å². The van der Waals surface area contributed by atoms with Crippen LogP contribution in [0, 0.1) is 0 Å². The van der Waals surface area contributed by atoms with E-state index in [-0.39, 0.29) is 11.9 Å². The predicted octanol–water partition coefficient (Wildman–Crippen LogP) is 3.33. The highest BCUT2D eigenvalue weighted by molar-refractivity contribution is 5.93. The summed E-state index contributed by atoms with van der Waals surface area (Å²) in [4.78, 5) is 25.6. The molecule has 0 spiro atoms. The molecule has 0 bridgehead atoms. The molecule has 0 aliphatic carbocycles. The molecule has 0 aliphatic rings. The maximum atomic E-state index is 12.0. The number of hydrogen-bond acceptors (Lipinski definition) is 4. The Morgan fingerprint density at radius 1 is 1.04 bits per heavy atom. The van der Waals surface area contributed by atoms with E-state index in [0.29, 0.717) is 30.8 Å². The van der Waals surface area contributed by atoms with Crippen molar-refractivity contribution in [1.82, 2.24) is 0 Å². The molecule has 0 heterocycles. The Bertz CT molecular complexity index is 669. The van der Waals surface area contributed by atoms with Gasteiger partial charge in [-0.1, -0.05) is 18.2 Å². The molecule has 0 aromatic heterocycles. The first-order chi connectivity index (χ1) is 11.6. The highest BCUT2D eigenvalue weighted by Crippen LogP contribution is 2.13. The monoisotopic (exact) mass is 326 g/mol. The highest BCUT2D eigenvalue weighted by atomic mass is 16.5. The minimum absolute atomic E-state index is 0.0679. The third kappa shape index (κ3) is 5.12. The summed E-state index contributed by atoms with van der Waals surface area (Å²) in [5, 5.41) is 2.83. The number of nitrogens with zero attached hydrogens (tertiary/aromatic N) is 1. The van der Waals surface area contributed by atoms with Crippen molar-refractivity contribution in [3.63, 3.8) is 0 Å². The molecule has 5 nitrogen and oxygen atoms in total. The molecule has 0 aliphatic heterocycles. The highest BCUT2D eigenvalue weighted by Gasteiger charge is 2.08. The largest absolute Gasteiger partial charge is 0.462 e. The van der Waals surface area contributed by atoms with Gasteiger partial charge in [0.25, 0.3) is 0 Å². The van der Waals surface area contributed by atoms with Gasteiger partial charge in [0.2, 0.25) is 5.91 Å². The van der Waals surface area contributed by atoms with Gasteiger partial charge >= 0.3 is 5.97 Å². The van der Waals surface area contributed by atoms with Crippen molar-refractivity contribution in [2.24, 2.45) is 0 Å². The molecule has 1 amide bonds. The zero-order valence-electron chi connectivity index (χ0n) is 14.0. The molecule has 2 aromatic carbocycles. The van der Waals surface area contributed by atoms with Crippen LogP contribution in [0.1, 0.15) is 23.7 Å². The van der Waals surface area contributed by atoms with Crippen molar-refractivity contribution < 1.29 is 14.3 Å². The molecule has 126 valence electrons. The van der Waals surface area contributed by atoms with E-state index in [4.69, 9.17) is 4.74 Å². The van der Waals surface area contributed by atoms with Gasteiger partial charge in [0.15, 0.2) is 0 Å². The molecule has 0 fully saturated rings. The molecule has 0 saturated heterocycles. The summed E-state index contributed by atoms with van der Waals surface area (Å²) in [5.41, 5.74) is 2.21. The number of para-hydroxylation sites is 1. The molecule has 2 aromatic rings. The van der Waals surface area contributed by atoms with Crippen LogP contribution < -0.4 is 10.2 Å². The Kier molecular flexibility index (Phi) is 6.37. The SMILES string of the molecule is CCOC(=O)c1ccc(NC(=O)CCN(C)c2ccccc2)cc1. The maximum Gasteiger partial charge on any atom is 0.338 e. The number of carbonyl (C=O) groups excluding carboxylic acids is 2. The van der Waals surface area contributed by atoms with Gasteiger partial charge in [-0.3, -0.25) is 4.79 Å². The molecule has 24 heavy (non-hydrogen) atoms. The number of hydrogen-bond donors (Lipinski definition) is 1. The molecule has 0 unspecified atom stereocenters. The van der Waals surface area contributed by atoms with Crippen LogP contribution in [0.3, 0.4) is 0 Å². The third-order valence-corrected chi connectivity index (χ3v) is 3.55. The van der Waals surface area contributed by atoms with Gasteiger partial charge in [0.1, 0.15) is 0 Å². The van der Waals surface area contributed by atoms with E-state index in [1.54, 1.807) is 31.2 Å². The summed E-state index contributed by atoms with van der Waals surface area (Å²) in [5.74, 6) is -0.429. The summed E-state index contributed by atoms with van der Waals surface area (Å²) in [7, 11) is 1.96. The number of amides is 1.